The highest BCUT2D eigenvalue weighted by molar-refractivity contribution is 8.77. The van der Waals surface area contributed by atoms with Crippen LogP contribution in [0.3, 0.4) is 0 Å². The molecule has 0 amide bonds. The first kappa shape index (κ1) is 29.5. The molecule has 0 aliphatic carbocycles. The van der Waals surface area contributed by atoms with Crippen molar-refractivity contribution >= 4 is 55.1 Å². The van der Waals surface area contributed by atoms with Crippen molar-refractivity contribution in [3.63, 3.8) is 0 Å². The lowest BCUT2D eigenvalue weighted by molar-refractivity contribution is -0.145. The molecule has 0 aromatic heterocycles. The number of unbranched alkanes of at least 4 members (excludes halogenated alkanes) is 2. The van der Waals surface area contributed by atoms with Crippen LogP contribution < -0.4 is 0 Å². The van der Waals surface area contributed by atoms with Gasteiger partial charge in [0.1, 0.15) is 13.2 Å². The van der Waals surface area contributed by atoms with Crippen molar-refractivity contribution in [2.45, 2.75) is 101 Å². The summed E-state index contributed by atoms with van der Waals surface area (Å²) in [4.78, 5) is 26.3. The Hall–Kier alpha value is 0.300. The van der Waals surface area contributed by atoms with Gasteiger partial charge in [-0.1, -0.05) is 56.0 Å². The van der Waals surface area contributed by atoms with Crippen LogP contribution >= 0.6 is 43.2 Å². The zero-order valence-electron chi connectivity index (χ0n) is 20.7. The van der Waals surface area contributed by atoms with Gasteiger partial charge in [-0.15, -0.1) is 0 Å². The zero-order valence-corrected chi connectivity index (χ0v) is 23.9. The highest BCUT2D eigenvalue weighted by Gasteiger charge is 2.22. The maximum Gasteiger partial charge on any atom is 0.305 e. The first-order valence-corrected chi connectivity index (χ1v) is 17.2. The molecule has 192 valence electrons. The Morgan fingerprint density at radius 2 is 1.24 bits per heavy atom. The average molecular weight is 538 g/mol. The van der Waals surface area contributed by atoms with Crippen molar-refractivity contribution in [3.05, 3.63) is 0 Å². The molecule has 33 heavy (non-hydrogen) atoms. The number of rotatable bonds is 16. The third kappa shape index (κ3) is 13.8. The van der Waals surface area contributed by atoms with Crippen LogP contribution in [0.4, 0.5) is 0 Å². The number of nitrogens with zero attached hydrogens (tertiary/aromatic N) is 1. The predicted octanol–water partition coefficient (Wildman–Crippen LogP) is 6.60. The lowest BCUT2D eigenvalue weighted by Crippen LogP contribution is -2.45. The standard InChI is InChI=1S/C24H43NO4S4/c1-24(2,3)25(14-16-28-22(26)10-6-4-8-20-12-18-30-32-20)15-17-29-23(27)11-7-5-9-21-13-19-31-33-21/h20-21H,4-19H2,1-3H3. The fraction of sp³-hybridized carbons (Fsp3) is 0.917. The molecule has 2 fully saturated rings. The lowest BCUT2D eigenvalue weighted by atomic mass is 10.1. The van der Waals surface area contributed by atoms with Gasteiger partial charge in [-0.2, -0.15) is 0 Å². The van der Waals surface area contributed by atoms with Crippen LogP contribution in [0, 0.1) is 0 Å². The fourth-order valence-corrected chi connectivity index (χ4v) is 9.93. The second kappa shape index (κ2) is 16.9. The molecule has 2 aliphatic heterocycles. The summed E-state index contributed by atoms with van der Waals surface area (Å²) in [5.74, 6) is 2.33. The quantitative estimate of drug-likeness (QED) is 0.123. The SMILES string of the molecule is CC(C)(C)N(CCOC(=O)CCCCC1CCSS1)CCOC(=O)CCCCC1CCSS1. The van der Waals surface area contributed by atoms with Crippen LogP contribution in [-0.2, 0) is 19.1 Å². The highest BCUT2D eigenvalue weighted by Crippen LogP contribution is 2.40. The van der Waals surface area contributed by atoms with Crippen LogP contribution in [-0.4, -0.2) is 70.7 Å². The Morgan fingerprint density at radius 3 is 1.61 bits per heavy atom. The molecule has 5 nitrogen and oxygen atoms in total. The molecular weight excluding hydrogens is 495 g/mol. The third-order valence-corrected chi connectivity index (χ3v) is 12.0. The molecule has 0 radical (unpaired) electrons. The first-order chi connectivity index (χ1) is 15.8. The van der Waals surface area contributed by atoms with E-state index in [1.54, 1.807) is 0 Å². The van der Waals surface area contributed by atoms with Crippen molar-refractivity contribution in [2.75, 3.05) is 37.8 Å². The van der Waals surface area contributed by atoms with E-state index in [0.29, 0.717) is 39.1 Å². The summed E-state index contributed by atoms with van der Waals surface area (Å²) >= 11 is 0. The van der Waals surface area contributed by atoms with E-state index in [1.165, 1.54) is 37.2 Å². The van der Waals surface area contributed by atoms with Gasteiger partial charge in [-0.05, 0) is 59.3 Å². The van der Waals surface area contributed by atoms with Gasteiger partial charge in [0.15, 0.2) is 0 Å². The second-order valence-corrected chi connectivity index (χ2v) is 15.3. The Morgan fingerprint density at radius 1 is 0.788 bits per heavy atom. The molecule has 0 saturated carbocycles. The van der Waals surface area contributed by atoms with Gasteiger partial charge in [-0.3, -0.25) is 14.5 Å². The van der Waals surface area contributed by atoms with Crippen LogP contribution in [0.1, 0.15) is 85.0 Å². The van der Waals surface area contributed by atoms with E-state index >= 15 is 0 Å². The van der Waals surface area contributed by atoms with Crippen LogP contribution in [0.5, 0.6) is 0 Å². The third-order valence-electron chi connectivity index (χ3n) is 5.97. The number of hydrogen-bond acceptors (Lipinski definition) is 9. The smallest absolute Gasteiger partial charge is 0.305 e. The lowest BCUT2D eigenvalue weighted by Gasteiger charge is -2.35. The number of hydrogen-bond donors (Lipinski definition) is 0. The molecule has 2 heterocycles. The van der Waals surface area contributed by atoms with Crippen molar-refractivity contribution in [1.82, 2.24) is 4.90 Å². The summed E-state index contributed by atoms with van der Waals surface area (Å²) in [5.41, 5.74) is -0.0767. The van der Waals surface area contributed by atoms with E-state index in [1.807, 2.05) is 43.2 Å². The highest BCUT2D eigenvalue weighted by atomic mass is 33.1. The maximum atomic E-state index is 12.1. The van der Waals surface area contributed by atoms with E-state index in [0.717, 1.165) is 36.2 Å². The second-order valence-electron chi connectivity index (χ2n) is 9.75. The summed E-state index contributed by atoms with van der Waals surface area (Å²) in [6.45, 7) is 8.48. The number of carbonyl (C=O) groups excluding carboxylic acids is 2. The van der Waals surface area contributed by atoms with E-state index in [2.05, 4.69) is 25.7 Å². The molecular formula is C24H43NO4S4. The molecule has 2 unspecified atom stereocenters. The van der Waals surface area contributed by atoms with Gasteiger partial charge < -0.3 is 9.47 Å². The molecule has 0 spiro atoms. The van der Waals surface area contributed by atoms with Gasteiger partial charge in [0.2, 0.25) is 0 Å². The van der Waals surface area contributed by atoms with Crippen molar-refractivity contribution in [1.29, 1.82) is 0 Å². The molecule has 0 bridgehead atoms. The van der Waals surface area contributed by atoms with Gasteiger partial charge in [0.05, 0.1) is 0 Å². The summed E-state index contributed by atoms with van der Waals surface area (Å²) in [6.07, 6.45) is 10.1. The van der Waals surface area contributed by atoms with Gasteiger partial charge in [0, 0.05) is 53.5 Å². The monoisotopic (exact) mass is 537 g/mol. The summed E-state index contributed by atoms with van der Waals surface area (Å²) in [6, 6.07) is 0. The van der Waals surface area contributed by atoms with Crippen molar-refractivity contribution in [2.24, 2.45) is 0 Å². The Labute approximate surface area is 217 Å². The van der Waals surface area contributed by atoms with E-state index in [9.17, 15) is 9.59 Å². The maximum absolute atomic E-state index is 12.1. The zero-order chi connectivity index (χ0) is 23.9. The van der Waals surface area contributed by atoms with Crippen molar-refractivity contribution < 1.29 is 19.1 Å². The van der Waals surface area contributed by atoms with Gasteiger partial charge in [0.25, 0.3) is 0 Å². The van der Waals surface area contributed by atoms with E-state index < -0.39 is 0 Å². The Bertz CT molecular complexity index is 519. The normalized spacial score (nSPS) is 21.0. The van der Waals surface area contributed by atoms with Crippen LogP contribution in [0.15, 0.2) is 0 Å². The van der Waals surface area contributed by atoms with Gasteiger partial charge in [-0.25, -0.2) is 0 Å². The Balaban J connectivity index is 1.50. The summed E-state index contributed by atoms with van der Waals surface area (Å²) in [5, 5.41) is 1.55. The van der Waals surface area contributed by atoms with Crippen molar-refractivity contribution in [3.8, 4) is 0 Å². The predicted molar refractivity (Wildman–Crippen MR) is 147 cm³/mol. The summed E-state index contributed by atoms with van der Waals surface area (Å²) < 4.78 is 10.9. The first-order valence-electron chi connectivity index (χ1n) is 12.5. The van der Waals surface area contributed by atoms with Crippen LogP contribution in [0.25, 0.3) is 0 Å². The average Bonchev–Trinajstić information content (AvgIpc) is 3.47. The molecule has 2 atom stereocenters. The summed E-state index contributed by atoms with van der Waals surface area (Å²) in [7, 11) is 7.94. The molecule has 0 aromatic rings. The fourth-order valence-electron chi connectivity index (χ4n) is 3.88. The minimum absolute atomic E-state index is 0.0767. The minimum Gasteiger partial charge on any atom is -0.464 e. The van der Waals surface area contributed by atoms with E-state index in [-0.39, 0.29) is 17.5 Å². The Kier molecular flexibility index (Phi) is 15.1. The van der Waals surface area contributed by atoms with E-state index in [4.69, 9.17) is 9.47 Å². The van der Waals surface area contributed by atoms with Gasteiger partial charge >= 0.3 is 11.9 Å². The topological polar surface area (TPSA) is 55.8 Å². The number of carbonyl (C=O) groups is 2. The number of ether oxygens (including phenoxy) is 2. The van der Waals surface area contributed by atoms with Crippen LogP contribution in [0.2, 0.25) is 0 Å². The molecule has 0 aromatic carbocycles. The molecule has 9 heteroatoms. The minimum atomic E-state index is -0.0988. The molecule has 2 saturated heterocycles. The largest absolute Gasteiger partial charge is 0.464 e. The molecule has 0 N–H and O–H groups in total. The molecule has 2 rings (SSSR count). The number of esters is 2. The molecule has 2 aliphatic rings.